The van der Waals surface area contributed by atoms with Crippen LogP contribution in [0.5, 0.6) is 0 Å². The second kappa shape index (κ2) is 7.08. The van der Waals surface area contributed by atoms with Gasteiger partial charge < -0.3 is 21.5 Å². The van der Waals surface area contributed by atoms with Gasteiger partial charge in [-0.3, -0.25) is 9.59 Å². The molecule has 5 N–H and O–H groups in total. The molecule has 1 aliphatic heterocycles. The molecular weight excluding hydrogens is 250 g/mol. The van der Waals surface area contributed by atoms with Gasteiger partial charge in [-0.2, -0.15) is 0 Å². The highest BCUT2D eigenvalue weighted by atomic mass is 16.4. The van der Waals surface area contributed by atoms with E-state index in [1.165, 1.54) is 0 Å². The van der Waals surface area contributed by atoms with Crippen molar-refractivity contribution in [1.82, 2.24) is 10.6 Å². The number of carbonyl (C=O) groups excluding carboxylic acids is 2. The quantitative estimate of drug-likeness (QED) is 0.504. The van der Waals surface area contributed by atoms with Crippen molar-refractivity contribution in [2.75, 3.05) is 6.54 Å². The second-order valence-electron chi connectivity index (χ2n) is 4.88. The zero-order chi connectivity index (χ0) is 14.4. The van der Waals surface area contributed by atoms with Crippen molar-refractivity contribution in [2.45, 2.75) is 44.7 Å². The fraction of sp³-hybridized carbons (Fsp3) is 0.750. The summed E-state index contributed by atoms with van der Waals surface area (Å²) in [5.74, 6) is -1.92. The molecular formula is C12H21N3O4. The Hall–Kier alpha value is -1.63. The predicted molar refractivity (Wildman–Crippen MR) is 68.2 cm³/mol. The molecule has 19 heavy (non-hydrogen) atoms. The first-order valence-corrected chi connectivity index (χ1v) is 6.48. The van der Waals surface area contributed by atoms with Crippen molar-refractivity contribution >= 4 is 17.8 Å². The van der Waals surface area contributed by atoms with Gasteiger partial charge in [-0.15, -0.1) is 0 Å². The number of carbonyl (C=O) groups is 3. The SMILES string of the molecule is CCC1CCNC(C(=O)N[C@H](CC(N)=O)C(=O)O)C1. The van der Waals surface area contributed by atoms with Gasteiger partial charge in [0.15, 0.2) is 0 Å². The highest BCUT2D eigenvalue weighted by molar-refractivity contribution is 5.90. The number of hydrogen-bond donors (Lipinski definition) is 4. The van der Waals surface area contributed by atoms with Crippen LogP contribution >= 0.6 is 0 Å². The van der Waals surface area contributed by atoms with E-state index in [9.17, 15) is 14.4 Å². The van der Waals surface area contributed by atoms with Crippen molar-refractivity contribution in [1.29, 1.82) is 0 Å². The molecule has 108 valence electrons. The Bertz CT molecular complexity index is 359. The fourth-order valence-electron chi connectivity index (χ4n) is 2.24. The van der Waals surface area contributed by atoms with E-state index in [4.69, 9.17) is 10.8 Å². The van der Waals surface area contributed by atoms with E-state index in [1.54, 1.807) is 0 Å². The van der Waals surface area contributed by atoms with Gasteiger partial charge >= 0.3 is 5.97 Å². The highest BCUT2D eigenvalue weighted by Gasteiger charge is 2.29. The van der Waals surface area contributed by atoms with Gasteiger partial charge in [-0.05, 0) is 25.3 Å². The number of nitrogens with two attached hydrogens (primary N) is 1. The van der Waals surface area contributed by atoms with Crippen molar-refractivity contribution in [3.63, 3.8) is 0 Å². The second-order valence-corrected chi connectivity index (χ2v) is 4.88. The average molecular weight is 271 g/mol. The Morgan fingerprint density at radius 1 is 1.47 bits per heavy atom. The summed E-state index contributed by atoms with van der Waals surface area (Å²) >= 11 is 0. The number of hydrogen-bond acceptors (Lipinski definition) is 4. The smallest absolute Gasteiger partial charge is 0.326 e. The molecule has 0 bridgehead atoms. The number of piperidine rings is 1. The zero-order valence-corrected chi connectivity index (χ0v) is 11.0. The van der Waals surface area contributed by atoms with E-state index >= 15 is 0 Å². The summed E-state index contributed by atoms with van der Waals surface area (Å²) < 4.78 is 0. The molecule has 2 unspecified atom stereocenters. The van der Waals surface area contributed by atoms with E-state index < -0.39 is 30.4 Å². The molecule has 7 nitrogen and oxygen atoms in total. The van der Waals surface area contributed by atoms with Crippen LogP contribution in [0.2, 0.25) is 0 Å². The maximum Gasteiger partial charge on any atom is 0.326 e. The van der Waals surface area contributed by atoms with Crippen LogP contribution in [-0.2, 0) is 14.4 Å². The molecule has 0 aromatic rings. The van der Waals surface area contributed by atoms with E-state index in [1.807, 2.05) is 0 Å². The highest BCUT2D eigenvalue weighted by Crippen LogP contribution is 2.19. The van der Waals surface area contributed by atoms with Gasteiger partial charge in [-0.25, -0.2) is 4.79 Å². The van der Waals surface area contributed by atoms with Crippen LogP contribution in [0, 0.1) is 5.92 Å². The molecule has 1 fully saturated rings. The largest absolute Gasteiger partial charge is 0.480 e. The van der Waals surface area contributed by atoms with E-state index in [0.717, 1.165) is 19.4 Å². The lowest BCUT2D eigenvalue weighted by molar-refractivity contribution is -0.143. The molecule has 2 amide bonds. The molecule has 0 aromatic carbocycles. The van der Waals surface area contributed by atoms with Gasteiger partial charge in [0.25, 0.3) is 0 Å². The molecule has 1 aliphatic rings. The van der Waals surface area contributed by atoms with Crippen molar-refractivity contribution in [3.05, 3.63) is 0 Å². The Labute approximate surface area is 111 Å². The lowest BCUT2D eigenvalue weighted by Crippen LogP contribution is -2.53. The molecule has 1 heterocycles. The third-order valence-electron chi connectivity index (χ3n) is 3.43. The zero-order valence-electron chi connectivity index (χ0n) is 11.0. The summed E-state index contributed by atoms with van der Waals surface area (Å²) in [6.45, 7) is 2.81. The molecule has 7 heteroatoms. The molecule has 1 rings (SSSR count). The number of primary amides is 1. The molecule has 0 radical (unpaired) electrons. The summed E-state index contributed by atoms with van der Waals surface area (Å²) in [5.41, 5.74) is 4.96. The Morgan fingerprint density at radius 3 is 2.68 bits per heavy atom. The van der Waals surface area contributed by atoms with Crippen molar-refractivity contribution in [3.8, 4) is 0 Å². The minimum atomic E-state index is -1.26. The summed E-state index contributed by atoms with van der Waals surface area (Å²) in [5, 5.41) is 14.3. The minimum absolute atomic E-state index is 0.383. The first-order chi connectivity index (χ1) is 8.93. The lowest BCUT2D eigenvalue weighted by Gasteiger charge is -2.29. The van der Waals surface area contributed by atoms with Crippen LogP contribution < -0.4 is 16.4 Å². The standard InChI is InChI=1S/C12H21N3O4/c1-2-7-3-4-14-8(5-7)11(17)15-9(12(18)19)6-10(13)16/h7-9,14H,2-6H2,1H3,(H2,13,16)(H,15,17)(H,18,19)/t7?,8?,9-/m1/s1. The Morgan fingerprint density at radius 2 is 2.16 bits per heavy atom. The van der Waals surface area contributed by atoms with Crippen molar-refractivity contribution in [2.24, 2.45) is 11.7 Å². The molecule has 0 aliphatic carbocycles. The number of nitrogens with one attached hydrogen (secondary N) is 2. The summed E-state index contributed by atoms with van der Waals surface area (Å²) in [6, 6.07) is -1.65. The maximum absolute atomic E-state index is 12.0. The number of rotatable bonds is 6. The number of amides is 2. The maximum atomic E-state index is 12.0. The van der Waals surface area contributed by atoms with E-state index in [2.05, 4.69) is 17.6 Å². The fourth-order valence-corrected chi connectivity index (χ4v) is 2.24. The van der Waals surface area contributed by atoms with Crippen LogP contribution in [-0.4, -0.2) is 41.5 Å². The lowest BCUT2D eigenvalue weighted by atomic mass is 9.90. The number of carboxylic acid groups (broad SMARTS) is 1. The number of carboxylic acids is 1. The number of aliphatic carboxylic acids is 1. The van der Waals surface area contributed by atoms with Crippen molar-refractivity contribution < 1.29 is 19.5 Å². The minimum Gasteiger partial charge on any atom is -0.480 e. The average Bonchev–Trinajstić information content (AvgIpc) is 2.37. The molecule has 0 aromatic heterocycles. The van der Waals surface area contributed by atoms with Crippen LogP contribution in [0.25, 0.3) is 0 Å². The van der Waals surface area contributed by atoms with Gasteiger partial charge in [0.1, 0.15) is 6.04 Å². The summed E-state index contributed by atoms with van der Waals surface area (Å²) in [7, 11) is 0. The summed E-state index contributed by atoms with van der Waals surface area (Å²) in [4.78, 5) is 33.7. The predicted octanol–water partition coefficient (Wildman–Crippen LogP) is -0.791. The molecule has 0 saturated carbocycles. The van der Waals surface area contributed by atoms with E-state index in [-0.39, 0.29) is 5.91 Å². The third-order valence-corrected chi connectivity index (χ3v) is 3.43. The first kappa shape index (κ1) is 15.4. The van der Waals surface area contributed by atoms with Gasteiger partial charge in [0, 0.05) is 0 Å². The normalized spacial score (nSPS) is 24.5. The summed E-state index contributed by atoms with van der Waals surface area (Å²) in [6.07, 6.45) is 2.30. The molecule has 1 saturated heterocycles. The van der Waals surface area contributed by atoms with Gasteiger partial charge in [0.2, 0.25) is 11.8 Å². The van der Waals surface area contributed by atoms with Gasteiger partial charge in [-0.1, -0.05) is 13.3 Å². The van der Waals surface area contributed by atoms with Gasteiger partial charge in [0.05, 0.1) is 12.5 Å². The topological polar surface area (TPSA) is 122 Å². The van der Waals surface area contributed by atoms with Crippen LogP contribution in [0.4, 0.5) is 0 Å². The van der Waals surface area contributed by atoms with Crippen LogP contribution in [0.1, 0.15) is 32.6 Å². The van der Waals surface area contributed by atoms with E-state index in [0.29, 0.717) is 12.3 Å². The first-order valence-electron chi connectivity index (χ1n) is 6.48. The molecule has 0 spiro atoms. The Balaban J connectivity index is 2.56. The third kappa shape index (κ3) is 4.86. The molecule has 3 atom stereocenters. The monoisotopic (exact) mass is 271 g/mol. The Kier molecular flexibility index (Phi) is 5.75. The van der Waals surface area contributed by atoms with Crippen LogP contribution in [0.3, 0.4) is 0 Å². The van der Waals surface area contributed by atoms with Crippen LogP contribution in [0.15, 0.2) is 0 Å².